The van der Waals surface area contributed by atoms with Gasteiger partial charge in [0.05, 0.1) is 0 Å². The SMILES string of the molecule is CC1CCNC(C)C1NC(=O)c1cc(F)c(F)c(F)c1. The van der Waals surface area contributed by atoms with Crippen LogP contribution in [0.15, 0.2) is 12.1 Å². The minimum absolute atomic E-state index is 0.0674. The fourth-order valence-electron chi connectivity index (χ4n) is 2.53. The minimum atomic E-state index is -1.57. The fourth-order valence-corrected chi connectivity index (χ4v) is 2.53. The van der Waals surface area contributed by atoms with E-state index < -0.39 is 23.4 Å². The van der Waals surface area contributed by atoms with Crippen LogP contribution in [0, 0.1) is 23.4 Å². The number of rotatable bonds is 2. The van der Waals surface area contributed by atoms with Crippen molar-refractivity contribution in [1.82, 2.24) is 10.6 Å². The van der Waals surface area contributed by atoms with E-state index in [0.717, 1.165) is 13.0 Å². The van der Waals surface area contributed by atoms with Crippen molar-refractivity contribution in [3.8, 4) is 0 Å². The molecule has 1 aromatic carbocycles. The normalized spacial score (nSPS) is 26.4. The van der Waals surface area contributed by atoms with E-state index in [9.17, 15) is 18.0 Å². The lowest BCUT2D eigenvalue weighted by molar-refractivity contribution is 0.0896. The average molecular weight is 286 g/mol. The van der Waals surface area contributed by atoms with E-state index >= 15 is 0 Å². The fraction of sp³-hybridized carbons (Fsp3) is 0.500. The predicted octanol–water partition coefficient (Wildman–Crippen LogP) is 2.22. The number of carbonyl (C=O) groups excluding carboxylic acids is 1. The summed E-state index contributed by atoms with van der Waals surface area (Å²) in [5, 5.41) is 5.98. The van der Waals surface area contributed by atoms with Gasteiger partial charge in [0, 0.05) is 17.6 Å². The molecule has 1 aliphatic heterocycles. The minimum Gasteiger partial charge on any atom is -0.347 e. The molecule has 1 aliphatic rings. The molecule has 0 aliphatic carbocycles. The van der Waals surface area contributed by atoms with Crippen LogP contribution >= 0.6 is 0 Å². The molecule has 2 N–H and O–H groups in total. The van der Waals surface area contributed by atoms with E-state index in [1.54, 1.807) is 0 Å². The molecule has 3 nitrogen and oxygen atoms in total. The van der Waals surface area contributed by atoms with Crippen molar-refractivity contribution in [1.29, 1.82) is 0 Å². The van der Waals surface area contributed by atoms with Gasteiger partial charge in [0.15, 0.2) is 17.5 Å². The Kier molecular flexibility index (Phi) is 4.32. The Hall–Kier alpha value is -1.56. The molecule has 1 fully saturated rings. The number of amides is 1. The Morgan fingerprint density at radius 3 is 2.40 bits per heavy atom. The molecule has 110 valence electrons. The van der Waals surface area contributed by atoms with E-state index in [1.807, 2.05) is 13.8 Å². The molecule has 0 spiro atoms. The number of nitrogens with one attached hydrogen (secondary N) is 2. The van der Waals surface area contributed by atoms with Crippen LogP contribution in [-0.2, 0) is 0 Å². The zero-order valence-corrected chi connectivity index (χ0v) is 11.3. The van der Waals surface area contributed by atoms with Crippen molar-refractivity contribution in [2.45, 2.75) is 32.4 Å². The highest BCUT2D eigenvalue weighted by Crippen LogP contribution is 2.18. The molecule has 3 atom stereocenters. The van der Waals surface area contributed by atoms with Crippen LogP contribution in [0.25, 0.3) is 0 Å². The topological polar surface area (TPSA) is 41.1 Å². The Morgan fingerprint density at radius 2 is 1.85 bits per heavy atom. The van der Waals surface area contributed by atoms with E-state index in [1.165, 1.54) is 0 Å². The summed E-state index contributed by atoms with van der Waals surface area (Å²) in [4.78, 5) is 12.0. The maximum Gasteiger partial charge on any atom is 0.251 e. The van der Waals surface area contributed by atoms with Crippen LogP contribution < -0.4 is 10.6 Å². The second-order valence-electron chi connectivity index (χ2n) is 5.26. The first-order chi connectivity index (χ1) is 9.40. The third-order valence-electron chi connectivity index (χ3n) is 3.76. The van der Waals surface area contributed by atoms with E-state index in [4.69, 9.17) is 0 Å². The van der Waals surface area contributed by atoms with Gasteiger partial charge >= 0.3 is 0 Å². The van der Waals surface area contributed by atoms with Gasteiger partial charge in [0.2, 0.25) is 0 Å². The van der Waals surface area contributed by atoms with E-state index in [-0.39, 0.29) is 23.6 Å². The molecule has 1 saturated heterocycles. The molecule has 1 aromatic rings. The van der Waals surface area contributed by atoms with Crippen LogP contribution in [0.2, 0.25) is 0 Å². The number of carbonyl (C=O) groups is 1. The molecule has 2 rings (SSSR count). The summed E-state index contributed by atoms with van der Waals surface area (Å²) >= 11 is 0. The summed E-state index contributed by atoms with van der Waals surface area (Å²) in [5.41, 5.74) is -0.216. The lowest BCUT2D eigenvalue weighted by Gasteiger charge is -2.36. The van der Waals surface area contributed by atoms with Gasteiger partial charge in [-0.15, -0.1) is 0 Å². The zero-order chi connectivity index (χ0) is 14.9. The second-order valence-corrected chi connectivity index (χ2v) is 5.26. The van der Waals surface area contributed by atoms with Gasteiger partial charge in [-0.05, 0) is 37.9 Å². The zero-order valence-electron chi connectivity index (χ0n) is 11.3. The van der Waals surface area contributed by atoms with Crippen molar-refractivity contribution in [2.24, 2.45) is 5.92 Å². The average Bonchev–Trinajstić information content (AvgIpc) is 2.39. The summed E-state index contributed by atoms with van der Waals surface area (Å²) < 4.78 is 39.1. The van der Waals surface area contributed by atoms with Gasteiger partial charge in [0.1, 0.15) is 0 Å². The molecule has 1 heterocycles. The maximum atomic E-state index is 13.1. The molecule has 0 aromatic heterocycles. The summed E-state index contributed by atoms with van der Waals surface area (Å²) in [6.07, 6.45) is 0.904. The molecule has 6 heteroatoms. The third-order valence-corrected chi connectivity index (χ3v) is 3.76. The van der Waals surface area contributed by atoms with Crippen LogP contribution in [0.4, 0.5) is 13.2 Å². The largest absolute Gasteiger partial charge is 0.347 e. The van der Waals surface area contributed by atoms with Gasteiger partial charge in [0.25, 0.3) is 5.91 Å². The number of piperidine rings is 1. The number of benzene rings is 1. The highest BCUT2D eigenvalue weighted by molar-refractivity contribution is 5.94. The lowest BCUT2D eigenvalue weighted by atomic mass is 9.89. The van der Waals surface area contributed by atoms with Crippen molar-refractivity contribution in [3.63, 3.8) is 0 Å². The first-order valence-electron chi connectivity index (χ1n) is 6.59. The molecule has 1 amide bonds. The Bertz CT molecular complexity index is 488. The smallest absolute Gasteiger partial charge is 0.251 e. The predicted molar refractivity (Wildman–Crippen MR) is 68.8 cm³/mol. The Morgan fingerprint density at radius 1 is 1.25 bits per heavy atom. The van der Waals surface area contributed by atoms with E-state index in [2.05, 4.69) is 10.6 Å². The molecule has 20 heavy (non-hydrogen) atoms. The van der Waals surface area contributed by atoms with Gasteiger partial charge in [-0.2, -0.15) is 0 Å². The monoisotopic (exact) mass is 286 g/mol. The van der Waals surface area contributed by atoms with E-state index in [0.29, 0.717) is 12.1 Å². The lowest BCUT2D eigenvalue weighted by Crippen LogP contribution is -2.55. The second kappa shape index (κ2) is 5.83. The van der Waals surface area contributed by atoms with Crippen molar-refractivity contribution in [3.05, 3.63) is 35.1 Å². The van der Waals surface area contributed by atoms with Gasteiger partial charge in [-0.1, -0.05) is 6.92 Å². The van der Waals surface area contributed by atoms with Crippen molar-refractivity contribution < 1.29 is 18.0 Å². The summed E-state index contributed by atoms with van der Waals surface area (Å²) in [5.74, 6) is -4.64. The third kappa shape index (κ3) is 2.95. The highest BCUT2D eigenvalue weighted by Gasteiger charge is 2.29. The molecular formula is C14H17F3N2O. The number of halogens is 3. The summed E-state index contributed by atoms with van der Waals surface area (Å²) in [7, 11) is 0. The van der Waals surface area contributed by atoms with Crippen molar-refractivity contribution >= 4 is 5.91 Å². The highest BCUT2D eigenvalue weighted by atomic mass is 19.2. The van der Waals surface area contributed by atoms with Gasteiger partial charge in [-0.3, -0.25) is 4.79 Å². The molecule has 0 saturated carbocycles. The van der Waals surface area contributed by atoms with Gasteiger partial charge < -0.3 is 10.6 Å². The molecule has 0 radical (unpaired) electrons. The molecule has 3 unspecified atom stereocenters. The van der Waals surface area contributed by atoms with Crippen LogP contribution in [-0.4, -0.2) is 24.5 Å². The van der Waals surface area contributed by atoms with Crippen LogP contribution in [0.3, 0.4) is 0 Å². The first-order valence-corrected chi connectivity index (χ1v) is 6.59. The first kappa shape index (κ1) is 14.8. The standard InChI is InChI=1S/C14H17F3N2O/c1-7-3-4-18-8(2)13(7)19-14(20)9-5-10(15)12(17)11(16)6-9/h5-8,13,18H,3-4H2,1-2H3,(H,19,20). The summed E-state index contributed by atoms with van der Waals surface area (Å²) in [6, 6.07) is 1.35. The molecule has 0 bridgehead atoms. The maximum absolute atomic E-state index is 13.1. The Balaban J connectivity index is 2.15. The molecular weight excluding hydrogens is 269 g/mol. The summed E-state index contributed by atoms with van der Waals surface area (Å²) in [6.45, 7) is 4.81. The Labute approximate surface area is 115 Å². The van der Waals surface area contributed by atoms with Crippen LogP contribution in [0.1, 0.15) is 30.6 Å². The number of hydrogen-bond acceptors (Lipinski definition) is 2. The van der Waals surface area contributed by atoms with Crippen LogP contribution in [0.5, 0.6) is 0 Å². The van der Waals surface area contributed by atoms with Crippen molar-refractivity contribution in [2.75, 3.05) is 6.54 Å². The number of hydrogen-bond donors (Lipinski definition) is 2. The quantitative estimate of drug-likeness (QED) is 0.819. The van der Waals surface area contributed by atoms with Gasteiger partial charge in [-0.25, -0.2) is 13.2 Å².